The second-order valence-electron chi connectivity index (χ2n) is 3.87. The van der Waals surface area contributed by atoms with Gasteiger partial charge in [0, 0.05) is 18.4 Å². The highest BCUT2D eigenvalue weighted by Crippen LogP contribution is 2.18. The van der Waals surface area contributed by atoms with Crippen molar-refractivity contribution in [1.29, 1.82) is 0 Å². The van der Waals surface area contributed by atoms with E-state index in [2.05, 4.69) is 9.97 Å². The van der Waals surface area contributed by atoms with Gasteiger partial charge in [0.05, 0.1) is 11.4 Å². The zero-order chi connectivity index (χ0) is 13.2. The fourth-order valence-corrected chi connectivity index (χ4v) is 2.05. The van der Waals surface area contributed by atoms with Gasteiger partial charge in [-0.1, -0.05) is 30.3 Å². The van der Waals surface area contributed by atoms with Gasteiger partial charge in [-0.15, -0.1) is 0 Å². The van der Waals surface area contributed by atoms with Crippen molar-refractivity contribution in [1.82, 2.24) is 9.97 Å². The lowest BCUT2D eigenvalue weighted by Gasteiger charge is -2.05. The van der Waals surface area contributed by atoms with Crippen LogP contribution in [0, 0.1) is 0 Å². The molecule has 0 bridgehead atoms. The summed E-state index contributed by atoms with van der Waals surface area (Å²) in [5.74, 6) is 0. The number of hydrogen-bond acceptors (Lipinski definition) is 5. The summed E-state index contributed by atoms with van der Waals surface area (Å²) in [6, 6.07) is 11.0. The molecule has 94 valence electrons. The predicted octanol–water partition coefficient (Wildman–Crippen LogP) is 1.01. The standard InChI is InChI=1S/C12H13N3O2S/c1-18(16,17)12-14-10(8-13)7-11(15-12)9-5-3-2-4-6-9/h2-7H,8,13H2,1H3. The second kappa shape index (κ2) is 4.83. The maximum atomic E-state index is 11.5. The zero-order valence-corrected chi connectivity index (χ0v) is 10.7. The number of nitrogens with zero attached hydrogens (tertiary/aromatic N) is 2. The Balaban J connectivity index is 2.62. The molecule has 2 N–H and O–H groups in total. The van der Waals surface area contributed by atoms with Crippen molar-refractivity contribution in [2.75, 3.05) is 6.26 Å². The lowest BCUT2D eigenvalue weighted by Crippen LogP contribution is -2.09. The number of hydrogen-bond donors (Lipinski definition) is 1. The molecule has 1 heterocycles. The van der Waals surface area contributed by atoms with Crippen molar-refractivity contribution in [2.45, 2.75) is 11.7 Å². The Morgan fingerprint density at radius 3 is 2.39 bits per heavy atom. The van der Waals surface area contributed by atoms with Gasteiger partial charge < -0.3 is 5.73 Å². The smallest absolute Gasteiger partial charge is 0.247 e. The molecular weight excluding hydrogens is 250 g/mol. The second-order valence-corrected chi connectivity index (χ2v) is 5.78. The molecule has 1 aromatic heterocycles. The van der Waals surface area contributed by atoms with Crippen LogP contribution in [0.1, 0.15) is 5.69 Å². The van der Waals surface area contributed by atoms with Gasteiger partial charge in [-0.05, 0) is 6.07 Å². The number of aromatic nitrogens is 2. The molecule has 0 aliphatic carbocycles. The van der Waals surface area contributed by atoms with Crippen LogP contribution in [0.25, 0.3) is 11.3 Å². The summed E-state index contributed by atoms with van der Waals surface area (Å²) in [5.41, 5.74) is 7.42. The summed E-state index contributed by atoms with van der Waals surface area (Å²) < 4.78 is 23.0. The SMILES string of the molecule is CS(=O)(=O)c1nc(CN)cc(-c2ccccc2)n1. The van der Waals surface area contributed by atoms with Crippen LogP contribution in [-0.2, 0) is 16.4 Å². The lowest BCUT2D eigenvalue weighted by atomic mass is 10.1. The molecule has 6 heteroatoms. The molecule has 5 nitrogen and oxygen atoms in total. The van der Waals surface area contributed by atoms with Gasteiger partial charge >= 0.3 is 0 Å². The molecule has 2 aromatic rings. The third-order valence-electron chi connectivity index (χ3n) is 2.37. The first-order valence-corrected chi connectivity index (χ1v) is 7.23. The number of sulfone groups is 1. The van der Waals surface area contributed by atoms with Gasteiger partial charge in [-0.3, -0.25) is 0 Å². The topological polar surface area (TPSA) is 85.9 Å². The summed E-state index contributed by atoms with van der Waals surface area (Å²) in [6.07, 6.45) is 1.08. The average molecular weight is 263 g/mol. The van der Waals surface area contributed by atoms with E-state index in [0.29, 0.717) is 11.4 Å². The highest BCUT2D eigenvalue weighted by atomic mass is 32.2. The van der Waals surface area contributed by atoms with Crippen molar-refractivity contribution in [3.8, 4) is 11.3 Å². The minimum absolute atomic E-state index is 0.172. The van der Waals surface area contributed by atoms with E-state index in [1.165, 1.54) is 0 Å². The third kappa shape index (κ3) is 2.72. The van der Waals surface area contributed by atoms with Crippen LogP contribution in [0.2, 0.25) is 0 Å². The molecule has 18 heavy (non-hydrogen) atoms. The Morgan fingerprint density at radius 1 is 1.17 bits per heavy atom. The highest BCUT2D eigenvalue weighted by Gasteiger charge is 2.14. The fraction of sp³-hybridized carbons (Fsp3) is 0.167. The van der Waals surface area contributed by atoms with Crippen LogP contribution in [-0.4, -0.2) is 24.6 Å². The summed E-state index contributed by atoms with van der Waals surface area (Å²) >= 11 is 0. The van der Waals surface area contributed by atoms with Crippen molar-refractivity contribution in [2.24, 2.45) is 5.73 Å². The van der Waals surface area contributed by atoms with Gasteiger partial charge in [0.25, 0.3) is 0 Å². The zero-order valence-electron chi connectivity index (χ0n) is 9.87. The van der Waals surface area contributed by atoms with Gasteiger partial charge in [0.2, 0.25) is 15.0 Å². The first-order chi connectivity index (χ1) is 8.50. The molecule has 0 amide bonds. The maximum absolute atomic E-state index is 11.5. The van der Waals surface area contributed by atoms with E-state index in [-0.39, 0.29) is 11.7 Å². The molecule has 0 radical (unpaired) electrons. The van der Waals surface area contributed by atoms with Gasteiger partial charge in [-0.2, -0.15) is 0 Å². The highest BCUT2D eigenvalue weighted by molar-refractivity contribution is 7.90. The molecule has 0 saturated heterocycles. The number of rotatable bonds is 3. The first-order valence-electron chi connectivity index (χ1n) is 5.34. The Labute approximate surface area is 106 Å². The van der Waals surface area contributed by atoms with E-state index in [4.69, 9.17) is 5.73 Å². The van der Waals surface area contributed by atoms with Crippen molar-refractivity contribution in [3.63, 3.8) is 0 Å². The van der Waals surface area contributed by atoms with Crippen LogP contribution in [0.3, 0.4) is 0 Å². The molecule has 1 aromatic carbocycles. The quantitative estimate of drug-likeness (QED) is 0.835. The summed E-state index contributed by atoms with van der Waals surface area (Å²) in [7, 11) is -3.44. The summed E-state index contributed by atoms with van der Waals surface area (Å²) in [6.45, 7) is 0.172. The minimum atomic E-state index is -3.44. The number of benzene rings is 1. The van der Waals surface area contributed by atoms with Gasteiger partial charge in [0.1, 0.15) is 0 Å². The fourth-order valence-electron chi connectivity index (χ4n) is 1.50. The van der Waals surface area contributed by atoms with Crippen LogP contribution in [0.4, 0.5) is 0 Å². The molecular formula is C12H13N3O2S. The predicted molar refractivity (Wildman–Crippen MR) is 68.5 cm³/mol. The Kier molecular flexibility index (Phi) is 3.40. The average Bonchev–Trinajstić information content (AvgIpc) is 2.38. The first kappa shape index (κ1) is 12.7. The Bertz CT molecular complexity index is 654. The van der Waals surface area contributed by atoms with Crippen LogP contribution in [0.5, 0.6) is 0 Å². The van der Waals surface area contributed by atoms with E-state index in [1.54, 1.807) is 6.07 Å². The van der Waals surface area contributed by atoms with Gasteiger partial charge in [0.15, 0.2) is 0 Å². The largest absolute Gasteiger partial charge is 0.325 e. The van der Waals surface area contributed by atoms with E-state index in [9.17, 15) is 8.42 Å². The molecule has 0 fully saturated rings. The van der Waals surface area contributed by atoms with Crippen molar-refractivity contribution < 1.29 is 8.42 Å². The van der Waals surface area contributed by atoms with Crippen molar-refractivity contribution in [3.05, 3.63) is 42.1 Å². The summed E-state index contributed by atoms with van der Waals surface area (Å²) in [4.78, 5) is 7.99. The van der Waals surface area contributed by atoms with E-state index >= 15 is 0 Å². The molecule has 0 unspecified atom stereocenters. The molecule has 0 aliphatic heterocycles. The van der Waals surface area contributed by atoms with E-state index < -0.39 is 9.84 Å². The Morgan fingerprint density at radius 2 is 1.83 bits per heavy atom. The number of nitrogens with two attached hydrogens (primary N) is 1. The normalized spacial score (nSPS) is 11.4. The molecule has 0 saturated carbocycles. The Hall–Kier alpha value is -1.79. The van der Waals surface area contributed by atoms with Crippen molar-refractivity contribution >= 4 is 9.84 Å². The summed E-state index contributed by atoms with van der Waals surface area (Å²) in [5, 5.41) is -0.190. The molecule has 2 rings (SSSR count). The third-order valence-corrected chi connectivity index (χ3v) is 3.21. The van der Waals surface area contributed by atoms with Crippen LogP contribution < -0.4 is 5.73 Å². The molecule has 0 atom stereocenters. The molecule has 0 aliphatic rings. The van der Waals surface area contributed by atoms with Crippen LogP contribution in [0.15, 0.2) is 41.6 Å². The maximum Gasteiger partial charge on any atom is 0.247 e. The lowest BCUT2D eigenvalue weighted by molar-refractivity contribution is 0.592. The van der Waals surface area contributed by atoms with E-state index in [0.717, 1.165) is 11.8 Å². The molecule has 0 spiro atoms. The van der Waals surface area contributed by atoms with Gasteiger partial charge in [-0.25, -0.2) is 18.4 Å². The minimum Gasteiger partial charge on any atom is -0.325 e. The van der Waals surface area contributed by atoms with Crippen LogP contribution >= 0.6 is 0 Å². The van der Waals surface area contributed by atoms with E-state index in [1.807, 2.05) is 30.3 Å². The monoisotopic (exact) mass is 263 g/mol.